The molecule has 1 aromatic carbocycles. The zero-order valence-corrected chi connectivity index (χ0v) is 12.3. The van der Waals surface area contributed by atoms with E-state index in [1.807, 2.05) is 12.1 Å². The van der Waals surface area contributed by atoms with E-state index in [1.54, 1.807) is 29.0 Å². The largest absolute Gasteiger partial charge is 0.496 e. The van der Waals surface area contributed by atoms with Gasteiger partial charge in [-0.15, -0.1) is 10.2 Å². The van der Waals surface area contributed by atoms with Crippen molar-refractivity contribution in [2.75, 3.05) is 7.11 Å². The van der Waals surface area contributed by atoms with Crippen molar-refractivity contribution in [3.05, 3.63) is 28.2 Å². The third kappa shape index (κ3) is 1.87. The van der Waals surface area contributed by atoms with Crippen LogP contribution < -0.4 is 4.74 Å². The van der Waals surface area contributed by atoms with Crippen LogP contribution in [0.25, 0.3) is 16.3 Å². The maximum Gasteiger partial charge on any atom is 0.234 e. The van der Waals surface area contributed by atoms with Crippen LogP contribution in [0, 0.1) is 0 Å². The van der Waals surface area contributed by atoms with Crippen LogP contribution in [0.15, 0.2) is 18.2 Å². The Morgan fingerprint density at radius 3 is 2.95 bits per heavy atom. The normalized spacial score (nSPS) is 14.9. The van der Waals surface area contributed by atoms with Crippen molar-refractivity contribution < 1.29 is 4.74 Å². The highest BCUT2D eigenvalue weighted by molar-refractivity contribution is 7.16. The SMILES string of the molecule is COc1ccc(Cl)cc1-c1nnc2sc(C3CC3)nn12. The molecule has 1 fully saturated rings. The Labute approximate surface area is 124 Å². The molecule has 1 aliphatic carbocycles. The zero-order chi connectivity index (χ0) is 13.7. The van der Waals surface area contributed by atoms with Crippen molar-refractivity contribution in [1.29, 1.82) is 0 Å². The number of hydrogen-bond acceptors (Lipinski definition) is 5. The molecule has 102 valence electrons. The van der Waals surface area contributed by atoms with Gasteiger partial charge in [0, 0.05) is 10.9 Å². The summed E-state index contributed by atoms with van der Waals surface area (Å²) in [6, 6.07) is 5.44. The van der Waals surface area contributed by atoms with E-state index in [1.165, 1.54) is 12.8 Å². The van der Waals surface area contributed by atoms with Crippen LogP contribution in [-0.4, -0.2) is 26.9 Å². The van der Waals surface area contributed by atoms with E-state index < -0.39 is 0 Å². The van der Waals surface area contributed by atoms with Crippen LogP contribution in [-0.2, 0) is 0 Å². The fourth-order valence-corrected chi connectivity index (χ4v) is 3.33. The predicted molar refractivity (Wildman–Crippen MR) is 77.6 cm³/mol. The molecule has 0 aliphatic heterocycles. The van der Waals surface area contributed by atoms with Gasteiger partial charge in [-0.05, 0) is 31.0 Å². The number of aromatic nitrogens is 4. The first-order chi connectivity index (χ1) is 9.76. The van der Waals surface area contributed by atoms with Crippen molar-refractivity contribution >= 4 is 27.9 Å². The molecular formula is C13H11ClN4OS. The molecule has 1 saturated carbocycles. The van der Waals surface area contributed by atoms with Crippen molar-refractivity contribution in [3.8, 4) is 17.1 Å². The number of fused-ring (bicyclic) bond motifs is 1. The molecule has 0 spiro atoms. The summed E-state index contributed by atoms with van der Waals surface area (Å²) in [7, 11) is 1.63. The summed E-state index contributed by atoms with van der Waals surface area (Å²) in [4.78, 5) is 0.809. The second-order valence-corrected chi connectivity index (χ2v) is 6.20. The van der Waals surface area contributed by atoms with Gasteiger partial charge in [0.15, 0.2) is 5.82 Å². The van der Waals surface area contributed by atoms with Crippen LogP contribution in [0.4, 0.5) is 0 Å². The molecule has 20 heavy (non-hydrogen) atoms. The molecular weight excluding hydrogens is 296 g/mol. The van der Waals surface area contributed by atoms with Crippen LogP contribution in [0.3, 0.4) is 0 Å². The van der Waals surface area contributed by atoms with E-state index in [0.29, 0.717) is 22.5 Å². The number of nitrogens with zero attached hydrogens (tertiary/aromatic N) is 4. The maximum absolute atomic E-state index is 6.08. The van der Waals surface area contributed by atoms with Gasteiger partial charge >= 0.3 is 0 Å². The predicted octanol–water partition coefficient (Wildman–Crippen LogP) is 3.39. The first-order valence-corrected chi connectivity index (χ1v) is 7.52. The fourth-order valence-electron chi connectivity index (χ4n) is 2.15. The smallest absolute Gasteiger partial charge is 0.234 e. The molecule has 1 aliphatic rings. The van der Waals surface area contributed by atoms with Crippen molar-refractivity contribution in [2.45, 2.75) is 18.8 Å². The molecule has 0 bridgehead atoms. The van der Waals surface area contributed by atoms with Gasteiger partial charge in [0.2, 0.25) is 4.96 Å². The van der Waals surface area contributed by atoms with Gasteiger partial charge in [-0.1, -0.05) is 22.9 Å². The monoisotopic (exact) mass is 306 g/mol. The highest BCUT2D eigenvalue weighted by Gasteiger charge is 2.29. The average Bonchev–Trinajstić information content (AvgIpc) is 3.09. The molecule has 3 aromatic rings. The Hall–Kier alpha value is -1.66. The molecule has 0 unspecified atom stereocenters. The minimum atomic E-state index is 0.607. The van der Waals surface area contributed by atoms with Crippen LogP contribution in [0.5, 0.6) is 5.75 Å². The van der Waals surface area contributed by atoms with E-state index in [0.717, 1.165) is 15.5 Å². The average molecular weight is 307 g/mol. The van der Waals surface area contributed by atoms with Gasteiger partial charge in [0.05, 0.1) is 12.7 Å². The summed E-state index contributed by atoms with van der Waals surface area (Å²) in [5, 5.41) is 14.8. The quantitative estimate of drug-likeness (QED) is 0.744. The summed E-state index contributed by atoms with van der Waals surface area (Å²) >= 11 is 7.68. The Balaban J connectivity index is 1.90. The molecule has 2 aromatic heterocycles. The van der Waals surface area contributed by atoms with Crippen LogP contribution in [0.2, 0.25) is 5.02 Å². The van der Waals surface area contributed by atoms with Crippen LogP contribution >= 0.6 is 22.9 Å². The first kappa shape index (κ1) is 12.1. The van der Waals surface area contributed by atoms with Crippen molar-refractivity contribution in [2.24, 2.45) is 0 Å². The number of ether oxygens (including phenoxy) is 1. The van der Waals surface area contributed by atoms with Gasteiger partial charge in [0.25, 0.3) is 0 Å². The number of benzene rings is 1. The third-order valence-electron chi connectivity index (χ3n) is 3.34. The topological polar surface area (TPSA) is 52.3 Å². The summed E-state index contributed by atoms with van der Waals surface area (Å²) in [5.74, 6) is 1.99. The number of halogens is 1. The fraction of sp³-hybridized carbons (Fsp3) is 0.308. The Morgan fingerprint density at radius 2 is 2.20 bits per heavy atom. The lowest BCUT2D eigenvalue weighted by atomic mass is 10.2. The molecule has 2 heterocycles. The second kappa shape index (κ2) is 4.43. The van der Waals surface area contributed by atoms with Gasteiger partial charge < -0.3 is 4.74 Å². The van der Waals surface area contributed by atoms with Gasteiger partial charge in [0.1, 0.15) is 10.8 Å². The molecule has 0 radical (unpaired) electrons. The lowest BCUT2D eigenvalue weighted by molar-refractivity contribution is 0.416. The van der Waals surface area contributed by atoms with Crippen LogP contribution in [0.1, 0.15) is 23.8 Å². The maximum atomic E-state index is 6.08. The summed E-state index contributed by atoms with van der Waals surface area (Å²) in [6.45, 7) is 0. The van der Waals surface area contributed by atoms with Gasteiger partial charge in [-0.25, -0.2) is 0 Å². The number of hydrogen-bond donors (Lipinski definition) is 0. The Bertz CT molecular complexity index is 793. The lowest BCUT2D eigenvalue weighted by Gasteiger charge is -2.06. The van der Waals surface area contributed by atoms with E-state index in [-0.39, 0.29) is 0 Å². The molecule has 0 atom stereocenters. The molecule has 5 nitrogen and oxygen atoms in total. The van der Waals surface area contributed by atoms with Crippen molar-refractivity contribution in [1.82, 2.24) is 19.8 Å². The summed E-state index contributed by atoms with van der Waals surface area (Å²) < 4.78 is 7.16. The summed E-state index contributed by atoms with van der Waals surface area (Å²) in [6.07, 6.45) is 2.44. The minimum absolute atomic E-state index is 0.607. The standard InChI is InChI=1S/C13H11ClN4OS/c1-19-10-5-4-8(14)6-9(10)11-15-16-13-18(11)17-12(20-13)7-2-3-7/h4-7H,2-3H2,1H3. The Morgan fingerprint density at radius 1 is 1.35 bits per heavy atom. The lowest BCUT2D eigenvalue weighted by Crippen LogP contribution is -1.95. The minimum Gasteiger partial charge on any atom is -0.496 e. The van der Waals surface area contributed by atoms with E-state index in [9.17, 15) is 0 Å². The van der Waals surface area contributed by atoms with E-state index in [2.05, 4.69) is 15.3 Å². The second-order valence-electron chi connectivity index (χ2n) is 4.78. The first-order valence-electron chi connectivity index (χ1n) is 6.32. The molecule has 0 amide bonds. The number of methoxy groups -OCH3 is 1. The third-order valence-corrected chi connectivity index (χ3v) is 4.63. The van der Waals surface area contributed by atoms with Gasteiger partial charge in [-0.3, -0.25) is 0 Å². The van der Waals surface area contributed by atoms with Gasteiger partial charge in [-0.2, -0.15) is 9.61 Å². The molecule has 0 saturated heterocycles. The van der Waals surface area contributed by atoms with Crippen molar-refractivity contribution in [3.63, 3.8) is 0 Å². The molecule has 7 heteroatoms. The van der Waals surface area contributed by atoms with E-state index >= 15 is 0 Å². The molecule has 4 rings (SSSR count). The highest BCUT2D eigenvalue weighted by Crippen LogP contribution is 2.42. The number of rotatable bonds is 3. The zero-order valence-electron chi connectivity index (χ0n) is 10.7. The Kier molecular flexibility index (Phi) is 2.68. The molecule has 0 N–H and O–H groups in total. The van der Waals surface area contributed by atoms with E-state index in [4.69, 9.17) is 16.3 Å². The highest BCUT2D eigenvalue weighted by atomic mass is 35.5. The summed E-state index contributed by atoms with van der Waals surface area (Å²) in [5.41, 5.74) is 0.806.